The number of amides is 1. The Hall–Kier alpha value is -3.72. The predicted octanol–water partition coefficient (Wildman–Crippen LogP) is 2.84. The lowest BCUT2D eigenvalue weighted by Crippen LogP contribution is -2.23. The van der Waals surface area contributed by atoms with Crippen LogP contribution in [-0.4, -0.2) is 41.6 Å². The summed E-state index contributed by atoms with van der Waals surface area (Å²) in [4.78, 5) is 21.5. The number of rotatable bonds is 6. The quantitative estimate of drug-likeness (QED) is 0.499. The summed E-state index contributed by atoms with van der Waals surface area (Å²) in [6, 6.07) is 14.8. The molecule has 1 aromatic carbocycles. The van der Waals surface area contributed by atoms with Gasteiger partial charge in [-0.1, -0.05) is 12.1 Å². The number of para-hydroxylation sites is 1. The highest BCUT2D eigenvalue weighted by atomic mass is 32.2. The summed E-state index contributed by atoms with van der Waals surface area (Å²) in [7, 11) is -1.81. The highest BCUT2D eigenvalue weighted by Crippen LogP contribution is 2.29. The number of pyridine rings is 2. The van der Waals surface area contributed by atoms with Crippen LogP contribution in [0.4, 0.5) is 0 Å². The van der Waals surface area contributed by atoms with Crippen LogP contribution in [0.1, 0.15) is 16.1 Å². The van der Waals surface area contributed by atoms with Crippen LogP contribution in [-0.2, 0) is 16.6 Å². The van der Waals surface area contributed by atoms with Crippen LogP contribution in [0.15, 0.2) is 67.1 Å². The minimum atomic E-state index is -3.43. The second kappa shape index (κ2) is 8.19. The van der Waals surface area contributed by atoms with Crippen LogP contribution in [0.3, 0.4) is 0 Å². The Morgan fingerprint density at radius 1 is 1.16 bits per heavy atom. The predicted molar refractivity (Wildman–Crippen MR) is 117 cm³/mol. The molecular formula is C22H20N4O4S. The fourth-order valence-electron chi connectivity index (χ4n) is 3.15. The van der Waals surface area contributed by atoms with Gasteiger partial charge in [0.05, 0.1) is 42.4 Å². The van der Waals surface area contributed by atoms with E-state index in [0.717, 1.165) is 38.1 Å². The van der Waals surface area contributed by atoms with Gasteiger partial charge in [-0.15, -0.1) is 0 Å². The lowest BCUT2D eigenvalue weighted by atomic mass is 10.1. The van der Waals surface area contributed by atoms with E-state index in [1.54, 1.807) is 13.3 Å². The van der Waals surface area contributed by atoms with Gasteiger partial charge < -0.3 is 10.1 Å². The van der Waals surface area contributed by atoms with Crippen molar-refractivity contribution in [3.05, 3.63) is 78.4 Å². The van der Waals surface area contributed by atoms with Gasteiger partial charge in [-0.2, -0.15) is 0 Å². The molecule has 4 aromatic rings. The van der Waals surface area contributed by atoms with E-state index in [4.69, 9.17) is 9.72 Å². The van der Waals surface area contributed by atoms with Gasteiger partial charge in [-0.3, -0.25) is 13.8 Å². The van der Waals surface area contributed by atoms with Gasteiger partial charge in [-0.05, 0) is 36.4 Å². The van der Waals surface area contributed by atoms with E-state index in [9.17, 15) is 13.2 Å². The average molecular weight is 436 g/mol. The maximum Gasteiger partial charge on any atom is 0.253 e. The van der Waals surface area contributed by atoms with Crippen LogP contribution >= 0.6 is 0 Å². The minimum Gasteiger partial charge on any atom is -0.496 e. The van der Waals surface area contributed by atoms with Crippen LogP contribution in [0.5, 0.6) is 5.75 Å². The molecule has 0 atom stereocenters. The van der Waals surface area contributed by atoms with E-state index in [0.29, 0.717) is 5.69 Å². The largest absolute Gasteiger partial charge is 0.496 e. The molecule has 0 bridgehead atoms. The van der Waals surface area contributed by atoms with Crippen molar-refractivity contribution in [2.24, 2.45) is 0 Å². The number of hydrogen-bond donors (Lipinski definition) is 1. The molecule has 0 radical (unpaired) electrons. The van der Waals surface area contributed by atoms with Crippen molar-refractivity contribution in [1.82, 2.24) is 19.3 Å². The van der Waals surface area contributed by atoms with E-state index in [2.05, 4.69) is 10.3 Å². The van der Waals surface area contributed by atoms with Crippen LogP contribution in [0.2, 0.25) is 0 Å². The molecule has 31 heavy (non-hydrogen) atoms. The van der Waals surface area contributed by atoms with Crippen molar-refractivity contribution in [2.75, 3.05) is 13.4 Å². The van der Waals surface area contributed by atoms with Gasteiger partial charge in [0.25, 0.3) is 5.91 Å². The third-order valence-electron chi connectivity index (χ3n) is 4.76. The molecule has 3 heterocycles. The second-order valence-corrected chi connectivity index (χ2v) is 8.83. The van der Waals surface area contributed by atoms with E-state index >= 15 is 0 Å². The van der Waals surface area contributed by atoms with E-state index < -0.39 is 10.0 Å². The molecule has 0 unspecified atom stereocenters. The van der Waals surface area contributed by atoms with Gasteiger partial charge in [0, 0.05) is 29.5 Å². The monoisotopic (exact) mass is 436 g/mol. The van der Waals surface area contributed by atoms with E-state index in [1.165, 1.54) is 18.5 Å². The highest BCUT2D eigenvalue weighted by Gasteiger charge is 2.12. The topological polar surface area (TPSA) is 103 Å². The number of fused-ring (bicyclic) bond motifs is 1. The summed E-state index contributed by atoms with van der Waals surface area (Å²) >= 11 is 0. The fourth-order valence-corrected chi connectivity index (χ4v) is 3.74. The molecule has 0 saturated heterocycles. The van der Waals surface area contributed by atoms with E-state index in [1.807, 2.05) is 42.5 Å². The minimum absolute atomic E-state index is 0.180. The fraction of sp³-hybridized carbons (Fsp3) is 0.136. The molecule has 4 rings (SSSR count). The molecule has 158 valence electrons. The van der Waals surface area contributed by atoms with Crippen molar-refractivity contribution in [1.29, 1.82) is 0 Å². The van der Waals surface area contributed by atoms with Crippen molar-refractivity contribution in [2.45, 2.75) is 6.54 Å². The van der Waals surface area contributed by atoms with Crippen LogP contribution < -0.4 is 10.1 Å². The summed E-state index contributed by atoms with van der Waals surface area (Å²) in [5.41, 5.74) is 3.28. The maximum atomic E-state index is 12.4. The first-order valence-electron chi connectivity index (χ1n) is 9.41. The summed E-state index contributed by atoms with van der Waals surface area (Å²) < 4.78 is 29.5. The molecule has 0 spiro atoms. The number of benzene rings is 1. The molecule has 0 saturated carbocycles. The molecule has 3 aromatic heterocycles. The first-order chi connectivity index (χ1) is 14.8. The molecule has 1 N–H and O–H groups in total. The highest BCUT2D eigenvalue weighted by molar-refractivity contribution is 7.89. The van der Waals surface area contributed by atoms with Gasteiger partial charge >= 0.3 is 0 Å². The number of carbonyl (C=O) groups excluding carboxylic acids is 1. The third-order valence-corrected chi connectivity index (χ3v) is 5.75. The first kappa shape index (κ1) is 20.5. The summed E-state index contributed by atoms with van der Waals surface area (Å²) in [6.45, 7) is 0.180. The Labute approximate surface area is 179 Å². The number of nitrogens with one attached hydrogen (secondary N) is 1. The lowest BCUT2D eigenvalue weighted by molar-refractivity contribution is 0.0950. The molecule has 0 aliphatic carbocycles. The summed E-state index contributed by atoms with van der Waals surface area (Å²) in [5, 5.41) is 3.63. The van der Waals surface area contributed by atoms with Gasteiger partial charge in [0.2, 0.25) is 10.0 Å². The molecule has 0 aliphatic rings. The second-order valence-electron chi connectivity index (χ2n) is 6.94. The summed E-state index contributed by atoms with van der Waals surface area (Å²) in [6.07, 6.45) is 5.39. The zero-order chi connectivity index (χ0) is 22.0. The van der Waals surface area contributed by atoms with Gasteiger partial charge in [-0.25, -0.2) is 13.4 Å². The number of nitrogens with zero attached hydrogens (tertiary/aromatic N) is 3. The van der Waals surface area contributed by atoms with Crippen molar-refractivity contribution in [3.8, 4) is 17.0 Å². The Morgan fingerprint density at radius 3 is 2.71 bits per heavy atom. The Bertz CT molecular complexity index is 1380. The molecule has 8 nitrogen and oxygen atoms in total. The lowest BCUT2D eigenvalue weighted by Gasteiger charge is -2.09. The van der Waals surface area contributed by atoms with Crippen LogP contribution in [0.25, 0.3) is 22.2 Å². The molecule has 0 fully saturated rings. The van der Waals surface area contributed by atoms with Crippen LogP contribution in [0, 0.1) is 0 Å². The van der Waals surface area contributed by atoms with Gasteiger partial charge in [0.1, 0.15) is 5.75 Å². The van der Waals surface area contributed by atoms with E-state index in [-0.39, 0.29) is 18.0 Å². The van der Waals surface area contributed by atoms with Gasteiger partial charge in [0.15, 0.2) is 0 Å². The average Bonchev–Trinajstić information content (AvgIpc) is 3.28. The SMILES string of the molecule is COc1ccccc1-c1ccc2cnc(CNC(=O)c3ccn(S(C)(=O)=O)c3)cc2n1. The first-order valence-corrected chi connectivity index (χ1v) is 11.3. The molecule has 9 heteroatoms. The molecular weight excluding hydrogens is 416 g/mol. The van der Waals surface area contributed by atoms with Crippen molar-refractivity contribution >= 4 is 26.8 Å². The standard InChI is InChI=1S/C22H20N4O4S/c1-30-21-6-4-3-5-18(21)19-8-7-15-12-23-17(11-20(15)25-19)13-24-22(27)16-9-10-26(14-16)31(2,28)29/h3-12,14H,13H2,1-2H3,(H,24,27). The number of hydrogen-bond acceptors (Lipinski definition) is 6. The number of ether oxygens (including phenoxy) is 1. The maximum absolute atomic E-state index is 12.4. The molecule has 1 amide bonds. The Kier molecular flexibility index (Phi) is 5.43. The Balaban J connectivity index is 1.55. The third kappa shape index (κ3) is 4.41. The van der Waals surface area contributed by atoms with Crippen molar-refractivity contribution < 1.29 is 17.9 Å². The van der Waals surface area contributed by atoms with Crippen molar-refractivity contribution in [3.63, 3.8) is 0 Å². The zero-order valence-electron chi connectivity index (χ0n) is 16.9. The number of carbonyl (C=O) groups is 1. The molecule has 0 aliphatic heterocycles. The normalized spacial score (nSPS) is 11.4. The number of methoxy groups -OCH3 is 1. The number of aromatic nitrogens is 3. The smallest absolute Gasteiger partial charge is 0.253 e. The zero-order valence-corrected chi connectivity index (χ0v) is 17.8. The Morgan fingerprint density at radius 2 is 1.97 bits per heavy atom. The summed E-state index contributed by atoms with van der Waals surface area (Å²) in [5.74, 6) is 0.344.